The summed E-state index contributed by atoms with van der Waals surface area (Å²) in [6, 6.07) is 59.5. The Hall–Kier alpha value is -7.11. The van der Waals surface area contributed by atoms with Gasteiger partial charge in [-0.15, -0.1) is 0 Å². The Kier molecular flexibility index (Phi) is 7.07. The van der Waals surface area contributed by atoms with Crippen LogP contribution in [0.1, 0.15) is 0 Å². The molecule has 4 heterocycles. The van der Waals surface area contributed by atoms with Gasteiger partial charge in [0.25, 0.3) is 0 Å². The zero-order valence-electron chi connectivity index (χ0n) is 28.1. The maximum absolute atomic E-state index is 5.54. The van der Waals surface area contributed by atoms with Crippen LogP contribution in [0.25, 0.3) is 71.9 Å². The number of hydrogen-bond donors (Lipinski definition) is 0. The van der Waals surface area contributed by atoms with Crippen LogP contribution in [0.15, 0.2) is 188 Å². The molecule has 0 aliphatic heterocycles. The van der Waals surface area contributed by atoms with E-state index in [9.17, 15) is 0 Å². The average Bonchev–Trinajstić information content (AvgIpc) is 3.62. The van der Waals surface area contributed by atoms with Crippen molar-refractivity contribution < 1.29 is 0 Å². The number of fused-ring (bicyclic) bond motifs is 6. The summed E-state index contributed by atoms with van der Waals surface area (Å²) in [4.78, 5) is 17.5. The SMILES string of the molecule is c1ccc(N(c2ccccc2)c2cc(-c3cccc4ccccc34)cn3c2nc2c4ccccc4nc(-c4ccc(-c5cccnc5)cc4)c23)cc1. The van der Waals surface area contributed by atoms with Crippen LogP contribution in [0, 0.1) is 0 Å². The summed E-state index contributed by atoms with van der Waals surface area (Å²) < 4.78 is 2.27. The number of hydrogen-bond acceptors (Lipinski definition) is 4. The van der Waals surface area contributed by atoms with Crippen molar-refractivity contribution >= 4 is 55.4 Å². The van der Waals surface area contributed by atoms with Crippen molar-refractivity contribution in [1.82, 2.24) is 19.4 Å². The van der Waals surface area contributed by atoms with E-state index in [1.165, 1.54) is 10.8 Å². The van der Waals surface area contributed by atoms with Crippen molar-refractivity contribution in [3.63, 3.8) is 0 Å². The minimum absolute atomic E-state index is 0.845. The number of nitrogens with zero attached hydrogens (tertiary/aromatic N) is 5. The molecule has 0 aliphatic rings. The fourth-order valence-corrected chi connectivity index (χ4v) is 7.41. The first-order valence-electron chi connectivity index (χ1n) is 17.4. The van der Waals surface area contributed by atoms with Gasteiger partial charge in [-0.3, -0.25) is 9.38 Å². The molecule has 52 heavy (non-hydrogen) atoms. The maximum atomic E-state index is 5.54. The van der Waals surface area contributed by atoms with Crippen molar-refractivity contribution in [2.75, 3.05) is 4.90 Å². The molecular weight excluding hydrogens is 635 g/mol. The van der Waals surface area contributed by atoms with Crippen molar-refractivity contribution in [3.05, 3.63) is 188 Å². The van der Waals surface area contributed by atoms with E-state index in [0.717, 1.165) is 78.2 Å². The Morgan fingerprint density at radius 1 is 0.500 bits per heavy atom. The lowest BCUT2D eigenvalue weighted by Gasteiger charge is -2.26. The third kappa shape index (κ3) is 4.98. The molecule has 4 aromatic heterocycles. The van der Waals surface area contributed by atoms with Crippen LogP contribution >= 0.6 is 0 Å². The minimum Gasteiger partial charge on any atom is -0.307 e. The molecule has 6 aromatic carbocycles. The third-order valence-electron chi connectivity index (χ3n) is 9.84. The zero-order chi connectivity index (χ0) is 34.4. The van der Waals surface area contributed by atoms with E-state index in [1.54, 1.807) is 6.20 Å². The van der Waals surface area contributed by atoms with Crippen molar-refractivity contribution in [3.8, 4) is 33.5 Å². The van der Waals surface area contributed by atoms with Crippen LogP contribution in [-0.2, 0) is 0 Å². The smallest absolute Gasteiger partial charge is 0.162 e. The van der Waals surface area contributed by atoms with Gasteiger partial charge in [-0.25, -0.2) is 9.97 Å². The largest absolute Gasteiger partial charge is 0.307 e. The molecule has 0 bridgehead atoms. The number of rotatable bonds is 6. The lowest BCUT2D eigenvalue weighted by molar-refractivity contribution is 1.19. The highest BCUT2D eigenvalue weighted by Crippen LogP contribution is 2.43. The number of benzene rings is 6. The molecule has 10 rings (SSSR count). The number of para-hydroxylation sites is 3. The summed E-state index contributed by atoms with van der Waals surface area (Å²) in [7, 11) is 0. The van der Waals surface area contributed by atoms with Crippen molar-refractivity contribution in [2.45, 2.75) is 0 Å². The summed E-state index contributed by atoms with van der Waals surface area (Å²) in [6.07, 6.45) is 5.94. The van der Waals surface area contributed by atoms with Gasteiger partial charge in [-0.2, -0.15) is 0 Å². The highest BCUT2D eigenvalue weighted by atomic mass is 15.2. The molecule has 0 N–H and O–H groups in total. The summed E-state index contributed by atoms with van der Waals surface area (Å²) >= 11 is 0. The Morgan fingerprint density at radius 2 is 1.17 bits per heavy atom. The molecule has 5 heteroatoms. The van der Waals surface area contributed by atoms with Gasteiger partial charge < -0.3 is 4.90 Å². The molecule has 244 valence electrons. The maximum Gasteiger partial charge on any atom is 0.162 e. The molecule has 0 unspecified atom stereocenters. The predicted molar refractivity (Wildman–Crippen MR) is 214 cm³/mol. The first-order valence-corrected chi connectivity index (χ1v) is 17.4. The second-order valence-corrected chi connectivity index (χ2v) is 12.9. The summed E-state index contributed by atoms with van der Waals surface area (Å²) in [5.41, 5.74) is 13.0. The summed E-state index contributed by atoms with van der Waals surface area (Å²) in [5, 5.41) is 3.41. The van der Waals surface area contributed by atoms with E-state index in [-0.39, 0.29) is 0 Å². The summed E-state index contributed by atoms with van der Waals surface area (Å²) in [6.45, 7) is 0. The first-order chi connectivity index (χ1) is 25.8. The zero-order valence-corrected chi connectivity index (χ0v) is 28.1. The van der Waals surface area contributed by atoms with Crippen LogP contribution in [0.3, 0.4) is 0 Å². The fraction of sp³-hybridized carbons (Fsp3) is 0. The number of imidazole rings is 1. The number of pyridine rings is 3. The van der Waals surface area contributed by atoms with Gasteiger partial charge >= 0.3 is 0 Å². The molecule has 0 amide bonds. The number of aromatic nitrogens is 4. The Morgan fingerprint density at radius 3 is 1.92 bits per heavy atom. The van der Waals surface area contributed by atoms with Gasteiger partial charge in [0.1, 0.15) is 11.0 Å². The second-order valence-electron chi connectivity index (χ2n) is 12.9. The molecular formula is C47H31N5. The van der Waals surface area contributed by atoms with E-state index in [2.05, 4.69) is 178 Å². The van der Waals surface area contributed by atoms with Crippen LogP contribution < -0.4 is 4.90 Å². The second kappa shape index (κ2) is 12.3. The predicted octanol–water partition coefficient (Wildman–Crippen LogP) is 12.1. The first kappa shape index (κ1) is 29.8. The van der Waals surface area contributed by atoms with Crippen LogP contribution in [0.5, 0.6) is 0 Å². The van der Waals surface area contributed by atoms with Crippen LogP contribution in [0.4, 0.5) is 17.1 Å². The lowest BCUT2D eigenvalue weighted by Crippen LogP contribution is -2.11. The standard InChI is InChI=1S/C47H31N5/c1-3-16-37(17-4-1)52(38-18-5-2-6-19-38)43-29-36(40-22-11-14-33-13-7-8-20-39(33)40)31-51-46-44(34-26-24-32(25-27-34)35-15-12-28-48-30-35)49-42-23-10-9-21-41(42)45(46)50-47(43)51/h1-31H. The van der Waals surface area contributed by atoms with Crippen LogP contribution in [0.2, 0.25) is 0 Å². The van der Waals surface area contributed by atoms with Gasteiger partial charge in [-0.05, 0) is 69.9 Å². The molecule has 0 radical (unpaired) electrons. The molecule has 0 atom stereocenters. The van der Waals surface area contributed by atoms with E-state index in [0.29, 0.717) is 0 Å². The Labute approximate surface area is 300 Å². The highest BCUT2D eigenvalue weighted by Gasteiger charge is 2.23. The molecule has 0 saturated carbocycles. The van der Waals surface area contributed by atoms with Crippen molar-refractivity contribution in [1.29, 1.82) is 0 Å². The van der Waals surface area contributed by atoms with Gasteiger partial charge in [0, 0.05) is 46.5 Å². The monoisotopic (exact) mass is 665 g/mol. The van der Waals surface area contributed by atoms with Gasteiger partial charge in [0.15, 0.2) is 5.65 Å². The van der Waals surface area contributed by atoms with Crippen LogP contribution in [-0.4, -0.2) is 19.4 Å². The van der Waals surface area contributed by atoms with E-state index < -0.39 is 0 Å². The lowest BCUT2D eigenvalue weighted by atomic mass is 9.99. The summed E-state index contributed by atoms with van der Waals surface area (Å²) in [5.74, 6) is 0. The number of anilines is 3. The third-order valence-corrected chi connectivity index (χ3v) is 9.84. The average molecular weight is 666 g/mol. The Bertz CT molecular complexity index is 2840. The van der Waals surface area contributed by atoms with Gasteiger partial charge in [0.2, 0.25) is 0 Å². The molecule has 0 aliphatic carbocycles. The topological polar surface area (TPSA) is 46.3 Å². The Balaban J connectivity index is 1.33. The quantitative estimate of drug-likeness (QED) is 0.177. The van der Waals surface area contributed by atoms with Gasteiger partial charge in [0.05, 0.1) is 16.9 Å². The normalized spacial score (nSPS) is 11.5. The molecule has 0 spiro atoms. The molecule has 5 nitrogen and oxygen atoms in total. The van der Waals surface area contributed by atoms with E-state index >= 15 is 0 Å². The van der Waals surface area contributed by atoms with E-state index in [1.807, 2.05) is 18.3 Å². The van der Waals surface area contributed by atoms with Crippen molar-refractivity contribution in [2.24, 2.45) is 0 Å². The molecule has 0 saturated heterocycles. The molecule has 0 fully saturated rings. The van der Waals surface area contributed by atoms with E-state index in [4.69, 9.17) is 9.97 Å². The fourth-order valence-electron chi connectivity index (χ4n) is 7.41. The minimum atomic E-state index is 0.845. The highest BCUT2D eigenvalue weighted by molar-refractivity contribution is 6.10. The molecule has 10 aromatic rings. The van der Waals surface area contributed by atoms with Gasteiger partial charge in [-0.1, -0.05) is 127 Å².